The van der Waals surface area contributed by atoms with E-state index in [0.717, 1.165) is 5.56 Å². The van der Waals surface area contributed by atoms with E-state index in [1.807, 2.05) is 6.07 Å². The fourth-order valence-corrected chi connectivity index (χ4v) is 2.43. The van der Waals surface area contributed by atoms with Crippen molar-refractivity contribution in [3.05, 3.63) is 30.1 Å². The van der Waals surface area contributed by atoms with Gasteiger partial charge in [0.05, 0.1) is 13.0 Å². The SMILES string of the molecule is CCOC(=O)CCN(Cc1cccnc1)C(=O)C1=NN(C)C(=O)CC1. The van der Waals surface area contributed by atoms with Gasteiger partial charge in [0, 0.05) is 45.4 Å². The highest BCUT2D eigenvalue weighted by atomic mass is 16.5. The molecule has 0 saturated carbocycles. The van der Waals surface area contributed by atoms with Gasteiger partial charge in [0.2, 0.25) is 5.91 Å². The fraction of sp³-hybridized carbons (Fsp3) is 0.471. The number of rotatable bonds is 7. The van der Waals surface area contributed by atoms with Crippen LogP contribution in [0.2, 0.25) is 0 Å². The summed E-state index contributed by atoms with van der Waals surface area (Å²) in [4.78, 5) is 41.6. The molecule has 0 spiro atoms. The monoisotopic (exact) mass is 346 g/mol. The molecule has 0 aromatic carbocycles. The zero-order chi connectivity index (χ0) is 18.2. The van der Waals surface area contributed by atoms with Crippen LogP contribution in [-0.4, -0.2) is 58.6 Å². The third-order valence-electron chi connectivity index (χ3n) is 3.73. The summed E-state index contributed by atoms with van der Waals surface area (Å²) in [6.45, 7) is 2.56. The molecule has 1 aromatic heterocycles. The number of hydrazone groups is 1. The molecule has 2 rings (SSSR count). The van der Waals surface area contributed by atoms with Crippen LogP contribution >= 0.6 is 0 Å². The van der Waals surface area contributed by atoms with Crippen LogP contribution in [0.4, 0.5) is 0 Å². The molecule has 1 aliphatic rings. The van der Waals surface area contributed by atoms with Gasteiger partial charge in [0.1, 0.15) is 5.71 Å². The second-order valence-corrected chi connectivity index (χ2v) is 5.61. The van der Waals surface area contributed by atoms with Gasteiger partial charge in [-0.3, -0.25) is 19.4 Å². The summed E-state index contributed by atoms with van der Waals surface area (Å²) in [6.07, 6.45) is 3.97. The third kappa shape index (κ3) is 5.37. The van der Waals surface area contributed by atoms with Crippen LogP contribution in [0.1, 0.15) is 31.7 Å². The highest BCUT2D eigenvalue weighted by Gasteiger charge is 2.26. The highest BCUT2D eigenvalue weighted by Crippen LogP contribution is 2.12. The van der Waals surface area contributed by atoms with Crippen molar-refractivity contribution in [1.29, 1.82) is 0 Å². The quantitative estimate of drug-likeness (QED) is 0.686. The number of carbonyl (C=O) groups excluding carboxylic acids is 3. The van der Waals surface area contributed by atoms with Crippen molar-refractivity contribution in [3.63, 3.8) is 0 Å². The van der Waals surface area contributed by atoms with Gasteiger partial charge in [-0.1, -0.05) is 6.07 Å². The molecule has 8 nitrogen and oxygen atoms in total. The number of carbonyl (C=O) groups is 3. The van der Waals surface area contributed by atoms with E-state index < -0.39 is 0 Å². The van der Waals surface area contributed by atoms with E-state index in [2.05, 4.69) is 10.1 Å². The predicted molar refractivity (Wildman–Crippen MR) is 90.3 cm³/mol. The molecule has 0 fully saturated rings. The van der Waals surface area contributed by atoms with Gasteiger partial charge in [-0.2, -0.15) is 5.10 Å². The van der Waals surface area contributed by atoms with E-state index in [1.165, 1.54) is 17.0 Å². The van der Waals surface area contributed by atoms with Gasteiger partial charge in [-0.15, -0.1) is 0 Å². The summed E-state index contributed by atoms with van der Waals surface area (Å²) in [6, 6.07) is 3.64. The number of aromatic nitrogens is 1. The molecule has 0 saturated heterocycles. The topological polar surface area (TPSA) is 92.2 Å². The van der Waals surface area contributed by atoms with Crippen LogP contribution in [0.5, 0.6) is 0 Å². The minimum absolute atomic E-state index is 0.0991. The van der Waals surface area contributed by atoms with Crippen molar-refractivity contribution in [2.24, 2.45) is 5.10 Å². The Labute approximate surface area is 146 Å². The highest BCUT2D eigenvalue weighted by molar-refractivity contribution is 6.39. The number of esters is 1. The van der Waals surface area contributed by atoms with Crippen LogP contribution in [0, 0.1) is 0 Å². The summed E-state index contributed by atoms with van der Waals surface area (Å²) in [7, 11) is 1.53. The second kappa shape index (κ2) is 8.91. The van der Waals surface area contributed by atoms with Gasteiger partial charge in [-0.25, -0.2) is 5.01 Å². The van der Waals surface area contributed by atoms with Crippen LogP contribution < -0.4 is 0 Å². The fourth-order valence-electron chi connectivity index (χ4n) is 2.43. The maximum absolute atomic E-state index is 12.8. The molecule has 0 N–H and O–H groups in total. The van der Waals surface area contributed by atoms with Gasteiger partial charge in [-0.05, 0) is 18.6 Å². The van der Waals surface area contributed by atoms with E-state index in [0.29, 0.717) is 25.3 Å². The van der Waals surface area contributed by atoms with Gasteiger partial charge in [0.25, 0.3) is 5.91 Å². The number of hydrogen-bond acceptors (Lipinski definition) is 6. The molecule has 0 aliphatic carbocycles. The van der Waals surface area contributed by atoms with E-state index in [4.69, 9.17) is 4.74 Å². The number of nitrogens with zero attached hydrogens (tertiary/aromatic N) is 4. The van der Waals surface area contributed by atoms with E-state index >= 15 is 0 Å². The smallest absolute Gasteiger partial charge is 0.307 e. The zero-order valence-corrected chi connectivity index (χ0v) is 14.5. The Hall–Kier alpha value is -2.77. The number of hydrogen-bond donors (Lipinski definition) is 0. The van der Waals surface area contributed by atoms with Crippen molar-refractivity contribution in [3.8, 4) is 0 Å². The molecule has 8 heteroatoms. The first kappa shape index (κ1) is 18.6. The predicted octanol–water partition coefficient (Wildman–Crippen LogP) is 0.972. The third-order valence-corrected chi connectivity index (χ3v) is 3.73. The molecule has 2 heterocycles. The normalized spacial score (nSPS) is 14.1. The number of pyridine rings is 1. The standard InChI is InChI=1S/C17H22N4O4/c1-3-25-16(23)8-10-21(12-13-5-4-9-18-11-13)17(24)14-6-7-15(22)20(2)19-14/h4-5,9,11H,3,6-8,10,12H2,1-2H3. The van der Waals surface area contributed by atoms with Crippen molar-refractivity contribution in [1.82, 2.24) is 14.9 Å². The number of ether oxygens (including phenoxy) is 1. The molecular formula is C17H22N4O4. The Morgan fingerprint density at radius 3 is 2.80 bits per heavy atom. The molecular weight excluding hydrogens is 324 g/mol. The lowest BCUT2D eigenvalue weighted by molar-refractivity contribution is -0.143. The molecule has 134 valence electrons. The average Bonchev–Trinajstić information content (AvgIpc) is 2.61. The first-order valence-electron chi connectivity index (χ1n) is 8.19. The molecule has 0 radical (unpaired) electrons. The molecule has 2 amide bonds. The summed E-state index contributed by atoms with van der Waals surface area (Å²) in [5.41, 5.74) is 1.16. The Kier molecular flexibility index (Phi) is 6.62. The summed E-state index contributed by atoms with van der Waals surface area (Å²) < 4.78 is 4.93. The zero-order valence-electron chi connectivity index (χ0n) is 14.5. The van der Waals surface area contributed by atoms with Gasteiger partial charge in [0.15, 0.2) is 0 Å². The van der Waals surface area contributed by atoms with E-state index in [9.17, 15) is 14.4 Å². The van der Waals surface area contributed by atoms with Crippen LogP contribution in [0.15, 0.2) is 29.6 Å². The first-order valence-corrected chi connectivity index (χ1v) is 8.19. The number of amides is 2. The van der Waals surface area contributed by atoms with Crippen molar-refractivity contribution >= 4 is 23.5 Å². The maximum Gasteiger partial charge on any atom is 0.307 e. The Morgan fingerprint density at radius 2 is 2.16 bits per heavy atom. The minimum Gasteiger partial charge on any atom is -0.466 e. The van der Waals surface area contributed by atoms with E-state index in [-0.39, 0.29) is 37.2 Å². The van der Waals surface area contributed by atoms with E-state index in [1.54, 1.807) is 25.4 Å². The Morgan fingerprint density at radius 1 is 1.36 bits per heavy atom. The maximum atomic E-state index is 12.8. The van der Waals surface area contributed by atoms with Crippen LogP contribution in [0.25, 0.3) is 0 Å². The lowest BCUT2D eigenvalue weighted by Gasteiger charge is -2.26. The lowest BCUT2D eigenvalue weighted by Crippen LogP contribution is -2.41. The van der Waals surface area contributed by atoms with Crippen molar-refractivity contribution in [2.45, 2.75) is 32.7 Å². The summed E-state index contributed by atoms with van der Waals surface area (Å²) in [5.74, 6) is -0.765. The summed E-state index contributed by atoms with van der Waals surface area (Å²) in [5, 5.41) is 5.25. The van der Waals surface area contributed by atoms with Crippen molar-refractivity contribution in [2.75, 3.05) is 20.2 Å². The molecule has 0 bridgehead atoms. The van der Waals surface area contributed by atoms with Crippen LogP contribution in [0.3, 0.4) is 0 Å². The Bertz CT molecular complexity index is 660. The largest absolute Gasteiger partial charge is 0.466 e. The summed E-state index contributed by atoms with van der Waals surface area (Å²) >= 11 is 0. The average molecular weight is 346 g/mol. The van der Waals surface area contributed by atoms with Crippen molar-refractivity contribution < 1.29 is 19.1 Å². The minimum atomic E-state index is -0.357. The first-order chi connectivity index (χ1) is 12.0. The molecule has 25 heavy (non-hydrogen) atoms. The van der Waals surface area contributed by atoms with Gasteiger partial charge < -0.3 is 9.64 Å². The van der Waals surface area contributed by atoms with Gasteiger partial charge >= 0.3 is 5.97 Å². The lowest BCUT2D eigenvalue weighted by atomic mass is 10.1. The Balaban J connectivity index is 2.12. The molecule has 0 atom stereocenters. The molecule has 0 unspecified atom stereocenters. The second-order valence-electron chi connectivity index (χ2n) is 5.61. The molecule has 1 aliphatic heterocycles. The van der Waals surface area contributed by atoms with Crippen LogP contribution in [-0.2, 0) is 25.7 Å². The molecule has 1 aromatic rings.